The van der Waals surface area contributed by atoms with Gasteiger partial charge in [0.25, 0.3) is 0 Å². The molecule has 0 saturated heterocycles. The molecule has 0 aromatic heterocycles. The van der Waals surface area contributed by atoms with Crippen LogP contribution in [0, 0.1) is 29.1 Å². The number of anilines is 3. The van der Waals surface area contributed by atoms with Crippen LogP contribution in [0.2, 0.25) is 0 Å². The number of hydrogen-bond acceptors (Lipinski definition) is 1. The van der Waals surface area contributed by atoms with Crippen LogP contribution in [0.25, 0.3) is 44.2 Å². The second kappa shape index (κ2) is 11.7. The zero-order chi connectivity index (χ0) is 39.5. The zero-order valence-electron chi connectivity index (χ0n) is 34.9. The second-order valence-electron chi connectivity index (χ2n) is 20.8. The van der Waals surface area contributed by atoms with Crippen molar-refractivity contribution < 1.29 is 0 Å². The van der Waals surface area contributed by atoms with Gasteiger partial charge in [-0.15, -0.1) is 0 Å². The number of nitrogens with zero attached hydrogens (tertiary/aromatic N) is 1. The fourth-order valence-electron chi connectivity index (χ4n) is 15.0. The Hall–Kier alpha value is -5.40. The Morgan fingerprint density at radius 3 is 1.85 bits per heavy atom. The van der Waals surface area contributed by atoms with Crippen LogP contribution >= 0.6 is 0 Å². The Balaban J connectivity index is 0.992. The summed E-state index contributed by atoms with van der Waals surface area (Å²) in [4.78, 5) is 2.65. The van der Waals surface area contributed by atoms with Gasteiger partial charge in [-0.05, 0) is 175 Å². The van der Waals surface area contributed by atoms with E-state index in [1.165, 1.54) is 111 Å². The van der Waals surface area contributed by atoms with Crippen molar-refractivity contribution in [2.45, 2.75) is 82.5 Å². The van der Waals surface area contributed by atoms with Crippen LogP contribution in [0.5, 0.6) is 0 Å². The third-order valence-electron chi connectivity index (χ3n) is 17.4. The van der Waals surface area contributed by atoms with Gasteiger partial charge in [-0.2, -0.15) is 0 Å². The minimum atomic E-state index is 0.0532. The average molecular weight is 764 g/mol. The molecule has 0 amide bonds. The molecule has 290 valence electrons. The summed E-state index contributed by atoms with van der Waals surface area (Å²) in [5, 5.41) is 2.59. The monoisotopic (exact) mass is 763 g/mol. The molecule has 7 aromatic carbocycles. The van der Waals surface area contributed by atoms with Crippen LogP contribution < -0.4 is 4.90 Å². The van der Waals surface area contributed by atoms with Gasteiger partial charge >= 0.3 is 0 Å². The van der Waals surface area contributed by atoms with E-state index in [0.717, 1.165) is 23.7 Å². The minimum absolute atomic E-state index is 0.0532. The molecule has 6 unspecified atom stereocenters. The van der Waals surface area contributed by atoms with Gasteiger partial charge in [0.2, 0.25) is 0 Å². The standard InChI is InChI=1S/C58H53N/c1-55(2)29-30-56(3,4)54-49(55)19-12-20-51(54)59(40-23-21-38(22-24-40)43-28-27-42(37-13-6-5-7-14-37)44-15-8-9-16-45(43)44)41-25-26-47-46-17-10-11-18-48(46)58(50(47)34-41)52-32-36-31-39-33-53(58)57(39,52)35-36/h5-28,34,36,39,52-53H,29-33,35H2,1-4H3. The molecule has 0 heterocycles. The number of fused-ring (bicyclic) bond motifs is 10. The van der Waals surface area contributed by atoms with Gasteiger partial charge in [-0.3, -0.25) is 0 Å². The molecule has 59 heavy (non-hydrogen) atoms. The molecule has 2 bridgehead atoms. The molecule has 0 N–H and O–H groups in total. The summed E-state index contributed by atoms with van der Waals surface area (Å²) >= 11 is 0. The zero-order valence-corrected chi connectivity index (χ0v) is 34.9. The summed E-state index contributed by atoms with van der Waals surface area (Å²) in [5.74, 6) is 3.49. The number of benzene rings is 7. The average Bonchev–Trinajstić information content (AvgIpc) is 3.90. The lowest BCUT2D eigenvalue weighted by atomic mass is 9.27. The highest BCUT2D eigenvalue weighted by molar-refractivity contribution is 6.05. The van der Waals surface area contributed by atoms with Gasteiger partial charge in [-0.25, -0.2) is 0 Å². The molecule has 13 rings (SSSR count). The lowest BCUT2D eigenvalue weighted by Crippen LogP contribution is -2.73. The SMILES string of the molecule is CC1(C)CCC(C)(C)c2c(N(c3ccc(-c4ccc(-c5ccccc5)c5ccccc45)cc3)c3ccc4c(c3)C3(c5ccccc5-4)C4CC5CC6CC3C64C5)cccc21. The fourth-order valence-corrected chi connectivity index (χ4v) is 15.0. The number of rotatable bonds is 5. The molecule has 2 spiro atoms. The first-order valence-corrected chi connectivity index (χ1v) is 22.6. The third kappa shape index (κ3) is 4.32. The Morgan fingerprint density at radius 2 is 1.08 bits per heavy atom. The topological polar surface area (TPSA) is 3.24 Å². The van der Waals surface area contributed by atoms with Gasteiger partial charge in [-0.1, -0.05) is 149 Å². The quantitative estimate of drug-likeness (QED) is 0.169. The van der Waals surface area contributed by atoms with Crippen molar-refractivity contribution in [2.75, 3.05) is 4.90 Å². The Kier molecular flexibility index (Phi) is 6.81. The van der Waals surface area contributed by atoms with Crippen molar-refractivity contribution in [2.24, 2.45) is 29.1 Å². The maximum absolute atomic E-state index is 2.69. The second-order valence-corrected chi connectivity index (χ2v) is 20.8. The Morgan fingerprint density at radius 1 is 0.475 bits per heavy atom. The molecular formula is C58H53N. The normalized spacial score (nSPS) is 28.0. The summed E-state index contributed by atoms with van der Waals surface area (Å²) in [7, 11) is 0. The molecular weight excluding hydrogens is 711 g/mol. The maximum atomic E-state index is 2.69. The minimum Gasteiger partial charge on any atom is -0.310 e. The fraction of sp³-hybridized carbons (Fsp3) is 0.310. The molecule has 0 radical (unpaired) electrons. The van der Waals surface area contributed by atoms with Crippen molar-refractivity contribution in [1.82, 2.24) is 0 Å². The molecule has 4 saturated carbocycles. The third-order valence-corrected chi connectivity index (χ3v) is 17.4. The van der Waals surface area contributed by atoms with E-state index in [1.54, 1.807) is 11.1 Å². The summed E-state index contributed by atoms with van der Waals surface area (Å²) < 4.78 is 0. The largest absolute Gasteiger partial charge is 0.310 e. The van der Waals surface area contributed by atoms with Gasteiger partial charge < -0.3 is 4.90 Å². The van der Waals surface area contributed by atoms with Gasteiger partial charge in [0, 0.05) is 16.8 Å². The van der Waals surface area contributed by atoms with Gasteiger partial charge in [0.15, 0.2) is 0 Å². The van der Waals surface area contributed by atoms with E-state index in [-0.39, 0.29) is 16.2 Å². The van der Waals surface area contributed by atoms with E-state index in [0.29, 0.717) is 5.41 Å². The molecule has 1 nitrogen and oxygen atoms in total. The van der Waals surface area contributed by atoms with Crippen LogP contribution in [0.15, 0.2) is 152 Å². The summed E-state index contributed by atoms with van der Waals surface area (Å²) in [5.41, 5.74) is 19.1. The smallest absolute Gasteiger partial charge is 0.0502 e. The van der Waals surface area contributed by atoms with Crippen molar-refractivity contribution in [3.63, 3.8) is 0 Å². The summed E-state index contributed by atoms with van der Waals surface area (Å²) in [6.45, 7) is 9.89. The molecule has 6 atom stereocenters. The maximum Gasteiger partial charge on any atom is 0.0502 e. The highest BCUT2D eigenvalue weighted by Crippen LogP contribution is 2.89. The molecule has 7 aromatic rings. The Labute approximate surface area is 350 Å². The van der Waals surface area contributed by atoms with Crippen LogP contribution in [-0.2, 0) is 16.2 Å². The molecule has 4 fully saturated rings. The molecule has 1 heteroatoms. The predicted molar refractivity (Wildman–Crippen MR) is 246 cm³/mol. The van der Waals surface area contributed by atoms with E-state index >= 15 is 0 Å². The van der Waals surface area contributed by atoms with E-state index in [4.69, 9.17) is 0 Å². The Bertz CT molecular complexity index is 2880. The number of hydrogen-bond donors (Lipinski definition) is 0. The van der Waals surface area contributed by atoms with E-state index in [1.807, 2.05) is 0 Å². The van der Waals surface area contributed by atoms with Gasteiger partial charge in [0.05, 0.1) is 5.69 Å². The van der Waals surface area contributed by atoms with Crippen LogP contribution in [-0.4, -0.2) is 0 Å². The van der Waals surface area contributed by atoms with E-state index in [9.17, 15) is 0 Å². The lowest BCUT2D eigenvalue weighted by Gasteiger charge is -2.76. The predicted octanol–water partition coefficient (Wildman–Crippen LogP) is 15.3. The van der Waals surface area contributed by atoms with E-state index < -0.39 is 0 Å². The first kappa shape index (κ1) is 34.5. The first-order chi connectivity index (χ1) is 28.7. The molecule has 0 aliphatic heterocycles. The van der Waals surface area contributed by atoms with Crippen molar-refractivity contribution in [3.05, 3.63) is 174 Å². The van der Waals surface area contributed by atoms with Crippen LogP contribution in [0.4, 0.5) is 17.1 Å². The van der Waals surface area contributed by atoms with Crippen LogP contribution in [0.3, 0.4) is 0 Å². The van der Waals surface area contributed by atoms with E-state index in [2.05, 4.69) is 184 Å². The highest BCUT2D eigenvalue weighted by Gasteiger charge is 2.84. The van der Waals surface area contributed by atoms with Crippen LogP contribution in [0.1, 0.15) is 88.5 Å². The molecule has 6 aliphatic rings. The summed E-state index contributed by atoms with van der Waals surface area (Å²) in [6, 6.07) is 58.3. The van der Waals surface area contributed by atoms with Gasteiger partial charge in [0.1, 0.15) is 0 Å². The van der Waals surface area contributed by atoms with Crippen molar-refractivity contribution in [1.29, 1.82) is 0 Å². The first-order valence-electron chi connectivity index (χ1n) is 22.6. The van der Waals surface area contributed by atoms with Crippen molar-refractivity contribution >= 4 is 27.8 Å². The van der Waals surface area contributed by atoms with Crippen molar-refractivity contribution in [3.8, 4) is 33.4 Å². The highest BCUT2D eigenvalue weighted by atomic mass is 15.1. The summed E-state index contributed by atoms with van der Waals surface area (Å²) in [6.07, 6.45) is 8.22. The lowest BCUT2D eigenvalue weighted by molar-refractivity contribution is -0.231. The molecule has 6 aliphatic carbocycles.